The molecule has 1 aromatic heterocycles. The van der Waals surface area contributed by atoms with Crippen LogP contribution in [-0.4, -0.2) is 4.57 Å². The fourth-order valence-corrected chi connectivity index (χ4v) is 1.62. The van der Waals surface area contributed by atoms with Crippen LogP contribution in [0.3, 0.4) is 0 Å². The fraction of sp³-hybridized carbons (Fsp3) is 0.444. The van der Waals surface area contributed by atoms with Crippen molar-refractivity contribution in [3.8, 4) is 6.07 Å². The van der Waals surface area contributed by atoms with E-state index in [1.54, 1.807) is 0 Å². The Morgan fingerprint density at radius 2 is 2.36 bits per heavy atom. The smallest absolute Gasteiger partial charge is 0.101 e. The van der Waals surface area contributed by atoms with Gasteiger partial charge in [0.05, 0.1) is 5.56 Å². The number of fused-ring (bicyclic) bond motifs is 1. The van der Waals surface area contributed by atoms with Gasteiger partial charge in [-0.15, -0.1) is 0 Å². The van der Waals surface area contributed by atoms with Crippen LogP contribution in [0.25, 0.3) is 0 Å². The van der Waals surface area contributed by atoms with Crippen molar-refractivity contribution < 1.29 is 0 Å². The zero-order chi connectivity index (χ0) is 7.68. The van der Waals surface area contributed by atoms with E-state index in [4.69, 9.17) is 5.26 Å². The molecule has 2 rings (SSSR count). The van der Waals surface area contributed by atoms with Gasteiger partial charge in [-0.1, -0.05) is 0 Å². The van der Waals surface area contributed by atoms with E-state index in [0.29, 0.717) is 0 Å². The summed E-state index contributed by atoms with van der Waals surface area (Å²) in [4.78, 5) is 0. The summed E-state index contributed by atoms with van der Waals surface area (Å²) in [5.74, 6) is 0. The van der Waals surface area contributed by atoms with Gasteiger partial charge in [0.1, 0.15) is 6.07 Å². The van der Waals surface area contributed by atoms with Crippen LogP contribution < -0.4 is 0 Å². The summed E-state index contributed by atoms with van der Waals surface area (Å²) in [6.07, 6.45) is 5.62. The van der Waals surface area contributed by atoms with Crippen LogP contribution in [0.15, 0.2) is 12.3 Å². The standard InChI is InChI=1S/C9H10N2/c10-6-8-5-9-3-1-2-4-11(9)7-8/h5,7H,1-4H2. The van der Waals surface area contributed by atoms with E-state index in [0.717, 1.165) is 18.5 Å². The first-order chi connectivity index (χ1) is 5.40. The van der Waals surface area contributed by atoms with Crippen molar-refractivity contribution in [3.05, 3.63) is 23.5 Å². The topological polar surface area (TPSA) is 28.7 Å². The maximum atomic E-state index is 8.62. The lowest BCUT2D eigenvalue weighted by Gasteiger charge is -2.13. The number of aromatic nitrogens is 1. The van der Waals surface area contributed by atoms with Gasteiger partial charge in [-0.05, 0) is 25.3 Å². The lowest BCUT2D eigenvalue weighted by atomic mass is 10.1. The van der Waals surface area contributed by atoms with E-state index in [2.05, 4.69) is 10.6 Å². The summed E-state index contributed by atoms with van der Waals surface area (Å²) in [5, 5.41) is 8.62. The van der Waals surface area contributed by atoms with Crippen LogP contribution in [0.4, 0.5) is 0 Å². The van der Waals surface area contributed by atoms with Crippen LogP contribution in [-0.2, 0) is 13.0 Å². The molecule has 0 aliphatic carbocycles. The van der Waals surface area contributed by atoms with Gasteiger partial charge < -0.3 is 4.57 Å². The molecule has 0 amide bonds. The third kappa shape index (κ3) is 1.03. The highest BCUT2D eigenvalue weighted by Crippen LogP contribution is 2.16. The molecule has 0 atom stereocenters. The molecule has 2 heteroatoms. The number of nitriles is 1. The Labute approximate surface area is 66.1 Å². The van der Waals surface area contributed by atoms with E-state index in [1.165, 1.54) is 18.5 Å². The zero-order valence-electron chi connectivity index (χ0n) is 6.38. The summed E-state index contributed by atoms with van der Waals surface area (Å²) >= 11 is 0. The lowest BCUT2D eigenvalue weighted by Crippen LogP contribution is -2.07. The van der Waals surface area contributed by atoms with Gasteiger partial charge in [-0.25, -0.2) is 0 Å². The van der Waals surface area contributed by atoms with Crippen molar-refractivity contribution in [1.82, 2.24) is 4.57 Å². The average Bonchev–Trinajstić information content (AvgIpc) is 2.46. The lowest BCUT2D eigenvalue weighted by molar-refractivity contribution is 0.533. The normalized spacial score (nSPS) is 15.5. The van der Waals surface area contributed by atoms with Gasteiger partial charge in [-0.2, -0.15) is 5.26 Å². The molecule has 1 aromatic rings. The van der Waals surface area contributed by atoms with Crippen LogP contribution in [0.1, 0.15) is 24.1 Å². The Morgan fingerprint density at radius 1 is 1.45 bits per heavy atom. The maximum absolute atomic E-state index is 8.62. The second-order valence-electron chi connectivity index (χ2n) is 2.98. The molecular weight excluding hydrogens is 136 g/mol. The highest BCUT2D eigenvalue weighted by atomic mass is 15.0. The SMILES string of the molecule is N#Cc1cc2n(c1)CCCC2. The molecule has 0 bridgehead atoms. The van der Waals surface area contributed by atoms with Gasteiger partial charge in [0.2, 0.25) is 0 Å². The van der Waals surface area contributed by atoms with E-state index in [-0.39, 0.29) is 0 Å². The Hall–Kier alpha value is -1.23. The van der Waals surface area contributed by atoms with Gasteiger partial charge in [0, 0.05) is 18.4 Å². The predicted octanol–water partition coefficient (Wildman–Crippen LogP) is 1.70. The van der Waals surface area contributed by atoms with Crippen molar-refractivity contribution in [2.75, 3.05) is 0 Å². The van der Waals surface area contributed by atoms with Crippen LogP contribution >= 0.6 is 0 Å². The molecule has 0 unspecified atom stereocenters. The molecule has 1 aliphatic rings. The summed E-state index contributed by atoms with van der Waals surface area (Å²) in [5.41, 5.74) is 2.13. The van der Waals surface area contributed by atoms with Crippen molar-refractivity contribution in [2.24, 2.45) is 0 Å². The average molecular weight is 146 g/mol. The van der Waals surface area contributed by atoms with Gasteiger partial charge in [-0.3, -0.25) is 0 Å². The summed E-state index contributed by atoms with van der Waals surface area (Å²) in [7, 11) is 0. The van der Waals surface area contributed by atoms with Gasteiger partial charge in [0.15, 0.2) is 0 Å². The minimum absolute atomic E-state index is 0.807. The largest absolute Gasteiger partial charge is 0.350 e. The Balaban J connectivity index is 2.42. The molecule has 0 N–H and O–H groups in total. The van der Waals surface area contributed by atoms with E-state index >= 15 is 0 Å². The number of nitrogens with zero attached hydrogens (tertiary/aromatic N) is 2. The molecule has 2 heterocycles. The molecule has 0 saturated carbocycles. The van der Waals surface area contributed by atoms with E-state index in [9.17, 15) is 0 Å². The molecule has 1 aliphatic heterocycles. The summed E-state index contributed by atoms with van der Waals surface area (Å²) in [6.45, 7) is 1.09. The van der Waals surface area contributed by atoms with Crippen LogP contribution in [0, 0.1) is 11.3 Å². The van der Waals surface area contributed by atoms with Crippen molar-refractivity contribution in [3.63, 3.8) is 0 Å². The van der Waals surface area contributed by atoms with Gasteiger partial charge in [0.25, 0.3) is 0 Å². The van der Waals surface area contributed by atoms with Crippen molar-refractivity contribution in [1.29, 1.82) is 5.26 Å². The van der Waals surface area contributed by atoms with Crippen molar-refractivity contribution in [2.45, 2.75) is 25.8 Å². The molecule has 2 nitrogen and oxygen atoms in total. The quantitative estimate of drug-likeness (QED) is 0.547. The van der Waals surface area contributed by atoms with E-state index < -0.39 is 0 Å². The second kappa shape index (κ2) is 2.43. The van der Waals surface area contributed by atoms with Gasteiger partial charge >= 0.3 is 0 Å². The molecule has 0 spiro atoms. The zero-order valence-corrected chi connectivity index (χ0v) is 6.38. The first kappa shape index (κ1) is 6.48. The highest BCUT2D eigenvalue weighted by Gasteiger charge is 2.09. The number of hydrogen-bond acceptors (Lipinski definition) is 1. The fourth-order valence-electron chi connectivity index (χ4n) is 1.62. The second-order valence-corrected chi connectivity index (χ2v) is 2.98. The molecule has 11 heavy (non-hydrogen) atoms. The Morgan fingerprint density at radius 3 is 3.09 bits per heavy atom. The minimum Gasteiger partial charge on any atom is -0.350 e. The first-order valence-corrected chi connectivity index (χ1v) is 3.99. The molecule has 56 valence electrons. The summed E-state index contributed by atoms with van der Waals surface area (Å²) < 4.78 is 2.20. The Kier molecular flexibility index (Phi) is 1.43. The molecule has 0 saturated heterocycles. The predicted molar refractivity (Wildman–Crippen MR) is 42.1 cm³/mol. The molecule has 0 fully saturated rings. The maximum Gasteiger partial charge on any atom is 0.101 e. The molecule has 0 aromatic carbocycles. The molecule has 0 radical (unpaired) electrons. The first-order valence-electron chi connectivity index (χ1n) is 3.99. The third-order valence-corrected chi connectivity index (χ3v) is 2.20. The minimum atomic E-state index is 0.807. The number of aryl methyl sites for hydroxylation is 2. The Bertz CT molecular complexity index is 280. The highest BCUT2D eigenvalue weighted by molar-refractivity contribution is 5.30. The number of rotatable bonds is 0. The third-order valence-electron chi connectivity index (χ3n) is 2.20. The molecular formula is C9H10N2. The van der Waals surface area contributed by atoms with Crippen LogP contribution in [0.2, 0.25) is 0 Å². The monoisotopic (exact) mass is 146 g/mol. The van der Waals surface area contributed by atoms with E-state index in [1.807, 2.05) is 12.3 Å². The van der Waals surface area contributed by atoms with Crippen LogP contribution in [0.5, 0.6) is 0 Å². The van der Waals surface area contributed by atoms with Crippen molar-refractivity contribution >= 4 is 0 Å². The summed E-state index contributed by atoms with van der Waals surface area (Å²) in [6, 6.07) is 4.16. The number of hydrogen-bond donors (Lipinski definition) is 0.